The fourth-order valence-corrected chi connectivity index (χ4v) is 2.02. The molecule has 1 aromatic heterocycles. The molecule has 0 spiro atoms. The first-order valence-electron chi connectivity index (χ1n) is 5.58. The number of hydrogen-bond donors (Lipinski definition) is 1. The normalized spacial score (nSPS) is 12.4. The zero-order valence-electron chi connectivity index (χ0n) is 10.0. The van der Waals surface area contributed by atoms with Crippen molar-refractivity contribution in [1.29, 1.82) is 0 Å². The van der Waals surface area contributed by atoms with Gasteiger partial charge in [-0.1, -0.05) is 12.1 Å². The van der Waals surface area contributed by atoms with Crippen LogP contribution in [0.25, 0.3) is 0 Å². The van der Waals surface area contributed by atoms with Gasteiger partial charge in [0.25, 0.3) is 0 Å². The number of benzene rings is 1. The predicted molar refractivity (Wildman–Crippen MR) is 70.4 cm³/mol. The number of ether oxygens (including phenoxy) is 1. The maximum atomic E-state index is 5.65. The van der Waals surface area contributed by atoms with Crippen molar-refractivity contribution in [2.45, 2.75) is 19.6 Å². The molecule has 2 aromatic rings. The second kappa shape index (κ2) is 5.80. The van der Waals surface area contributed by atoms with Crippen LogP contribution in [0, 0.1) is 0 Å². The third-order valence-electron chi connectivity index (χ3n) is 2.66. The van der Waals surface area contributed by atoms with E-state index in [1.54, 1.807) is 17.5 Å². The van der Waals surface area contributed by atoms with Gasteiger partial charge in [-0.2, -0.15) is 0 Å². The molecular weight excluding hydrogens is 232 g/mol. The number of aromatic nitrogens is 1. The molecule has 2 rings (SSSR count). The van der Waals surface area contributed by atoms with Crippen LogP contribution in [0.3, 0.4) is 0 Å². The molecular formula is C13H16N2OS. The van der Waals surface area contributed by atoms with E-state index in [1.165, 1.54) is 5.56 Å². The molecule has 0 bridgehead atoms. The monoisotopic (exact) mass is 248 g/mol. The molecule has 1 unspecified atom stereocenters. The van der Waals surface area contributed by atoms with E-state index in [0.29, 0.717) is 12.6 Å². The molecule has 0 aliphatic rings. The minimum atomic E-state index is 0.364. The Balaban J connectivity index is 1.94. The molecule has 1 aromatic carbocycles. The third-order valence-corrected chi connectivity index (χ3v) is 3.41. The van der Waals surface area contributed by atoms with Gasteiger partial charge < -0.3 is 10.1 Å². The fraction of sp³-hybridized carbons (Fsp3) is 0.308. The first-order chi connectivity index (χ1) is 8.29. The van der Waals surface area contributed by atoms with Gasteiger partial charge >= 0.3 is 0 Å². The van der Waals surface area contributed by atoms with Crippen LogP contribution in [-0.2, 0) is 6.61 Å². The second-order valence-corrected chi connectivity index (χ2v) is 4.77. The van der Waals surface area contributed by atoms with E-state index in [0.717, 1.165) is 10.8 Å². The molecule has 1 heterocycles. The van der Waals surface area contributed by atoms with Crippen LogP contribution in [0.2, 0.25) is 0 Å². The van der Waals surface area contributed by atoms with Gasteiger partial charge in [-0.05, 0) is 31.7 Å². The molecule has 0 amide bonds. The second-order valence-electron chi connectivity index (χ2n) is 3.79. The number of thiazole rings is 1. The lowest BCUT2D eigenvalue weighted by molar-refractivity contribution is 0.305. The summed E-state index contributed by atoms with van der Waals surface area (Å²) in [5, 5.41) is 6.16. The van der Waals surface area contributed by atoms with Gasteiger partial charge in [0.05, 0.1) is 0 Å². The van der Waals surface area contributed by atoms with Crippen LogP contribution in [0.15, 0.2) is 35.8 Å². The summed E-state index contributed by atoms with van der Waals surface area (Å²) in [6, 6.07) is 8.52. The highest BCUT2D eigenvalue weighted by molar-refractivity contribution is 7.09. The lowest BCUT2D eigenvalue weighted by atomic mass is 10.1. The Labute approximate surface area is 105 Å². The molecule has 0 aliphatic carbocycles. The van der Waals surface area contributed by atoms with Gasteiger partial charge in [0.2, 0.25) is 0 Å². The van der Waals surface area contributed by atoms with E-state index >= 15 is 0 Å². The van der Waals surface area contributed by atoms with Crippen LogP contribution in [0.5, 0.6) is 5.75 Å². The van der Waals surface area contributed by atoms with E-state index in [4.69, 9.17) is 4.74 Å². The first kappa shape index (κ1) is 12.1. The highest BCUT2D eigenvalue weighted by Gasteiger charge is 2.02. The summed E-state index contributed by atoms with van der Waals surface area (Å²) >= 11 is 1.61. The molecule has 0 radical (unpaired) electrons. The van der Waals surface area contributed by atoms with Crippen LogP contribution >= 0.6 is 11.3 Å². The molecule has 1 atom stereocenters. The SMILES string of the molecule is CNC(C)c1ccc(OCc2nccs2)cc1. The van der Waals surface area contributed by atoms with Crippen molar-refractivity contribution in [2.75, 3.05) is 7.05 Å². The van der Waals surface area contributed by atoms with E-state index in [1.807, 2.05) is 24.6 Å². The summed E-state index contributed by atoms with van der Waals surface area (Å²) in [7, 11) is 1.96. The van der Waals surface area contributed by atoms with Crippen molar-refractivity contribution < 1.29 is 4.74 Å². The van der Waals surface area contributed by atoms with Crippen molar-refractivity contribution >= 4 is 11.3 Å². The van der Waals surface area contributed by atoms with E-state index in [2.05, 4.69) is 29.4 Å². The Hall–Kier alpha value is -1.39. The Morgan fingerprint density at radius 2 is 2.12 bits per heavy atom. The van der Waals surface area contributed by atoms with Crippen LogP contribution < -0.4 is 10.1 Å². The highest BCUT2D eigenvalue weighted by atomic mass is 32.1. The van der Waals surface area contributed by atoms with E-state index in [-0.39, 0.29) is 0 Å². The average Bonchev–Trinajstić information content (AvgIpc) is 2.89. The molecule has 17 heavy (non-hydrogen) atoms. The van der Waals surface area contributed by atoms with Crippen LogP contribution in [0.4, 0.5) is 0 Å². The Morgan fingerprint density at radius 1 is 1.35 bits per heavy atom. The molecule has 3 nitrogen and oxygen atoms in total. The fourth-order valence-electron chi connectivity index (χ4n) is 1.49. The molecule has 4 heteroatoms. The average molecular weight is 248 g/mol. The Bertz CT molecular complexity index is 439. The maximum Gasteiger partial charge on any atom is 0.140 e. The summed E-state index contributed by atoms with van der Waals surface area (Å²) in [5.41, 5.74) is 1.26. The summed E-state index contributed by atoms with van der Waals surface area (Å²) < 4.78 is 5.65. The number of hydrogen-bond acceptors (Lipinski definition) is 4. The van der Waals surface area contributed by atoms with Gasteiger partial charge in [-0.3, -0.25) is 0 Å². The number of rotatable bonds is 5. The number of nitrogens with one attached hydrogen (secondary N) is 1. The quantitative estimate of drug-likeness (QED) is 0.883. The van der Waals surface area contributed by atoms with E-state index < -0.39 is 0 Å². The van der Waals surface area contributed by atoms with Gasteiger partial charge in [0.1, 0.15) is 17.4 Å². The van der Waals surface area contributed by atoms with E-state index in [9.17, 15) is 0 Å². The largest absolute Gasteiger partial charge is 0.486 e. The minimum Gasteiger partial charge on any atom is -0.486 e. The number of nitrogens with zero attached hydrogens (tertiary/aromatic N) is 1. The highest BCUT2D eigenvalue weighted by Crippen LogP contribution is 2.18. The topological polar surface area (TPSA) is 34.1 Å². The van der Waals surface area contributed by atoms with Gasteiger partial charge in [0.15, 0.2) is 0 Å². The Morgan fingerprint density at radius 3 is 2.71 bits per heavy atom. The van der Waals surface area contributed by atoms with Crippen LogP contribution in [-0.4, -0.2) is 12.0 Å². The lowest BCUT2D eigenvalue weighted by Gasteiger charge is -2.11. The zero-order chi connectivity index (χ0) is 12.1. The molecule has 1 N–H and O–H groups in total. The molecule has 0 fully saturated rings. The smallest absolute Gasteiger partial charge is 0.140 e. The molecule has 90 valence electrons. The maximum absolute atomic E-state index is 5.65. The predicted octanol–water partition coefficient (Wildman–Crippen LogP) is 3.00. The van der Waals surface area contributed by atoms with Crippen molar-refractivity contribution in [1.82, 2.24) is 10.3 Å². The van der Waals surface area contributed by atoms with Gasteiger partial charge in [-0.25, -0.2) is 4.98 Å². The van der Waals surface area contributed by atoms with Crippen molar-refractivity contribution in [2.24, 2.45) is 0 Å². The van der Waals surface area contributed by atoms with Crippen molar-refractivity contribution in [3.05, 3.63) is 46.4 Å². The Kier molecular flexibility index (Phi) is 4.12. The third kappa shape index (κ3) is 3.28. The van der Waals surface area contributed by atoms with Crippen molar-refractivity contribution in [3.63, 3.8) is 0 Å². The summed E-state index contributed by atoms with van der Waals surface area (Å²) in [6.45, 7) is 2.67. The van der Waals surface area contributed by atoms with Gasteiger partial charge in [-0.15, -0.1) is 11.3 Å². The molecule has 0 saturated heterocycles. The minimum absolute atomic E-state index is 0.364. The standard InChI is InChI=1S/C13H16N2OS/c1-10(14-2)11-3-5-12(6-4-11)16-9-13-15-7-8-17-13/h3-8,10,14H,9H2,1-2H3. The molecule has 0 saturated carbocycles. The zero-order valence-corrected chi connectivity index (χ0v) is 10.8. The van der Waals surface area contributed by atoms with Crippen molar-refractivity contribution in [3.8, 4) is 5.75 Å². The summed E-state index contributed by atoms with van der Waals surface area (Å²) in [6.07, 6.45) is 1.79. The lowest BCUT2D eigenvalue weighted by Crippen LogP contribution is -2.11. The first-order valence-corrected chi connectivity index (χ1v) is 6.46. The summed E-state index contributed by atoms with van der Waals surface area (Å²) in [4.78, 5) is 4.17. The summed E-state index contributed by atoms with van der Waals surface area (Å²) in [5.74, 6) is 0.882. The van der Waals surface area contributed by atoms with Crippen LogP contribution in [0.1, 0.15) is 23.5 Å². The van der Waals surface area contributed by atoms with Gasteiger partial charge in [0, 0.05) is 17.6 Å². The molecule has 0 aliphatic heterocycles.